The van der Waals surface area contributed by atoms with Crippen molar-refractivity contribution in [2.24, 2.45) is 4.99 Å². The Balaban J connectivity index is 2.33. The van der Waals surface area contributed by atoms with Crippen LogP contribution in [-0.4, -0.2) is 5.54 Å². The molecular weight excluding hydrogens is 244 g/mol. The Hall–Kier alpha value is -2.09. The average Bonchev–Trinajstić information content (AvgIpc) is 2.61. The fourth-order valence-corrected chi connectivity index (χ4v) is 1.95. The van der Waals surface area contributed by atoms with Gasteiger partial charge in [0.05, 0.1) is 17.6 Å². The first-order valence-electron chi connectivity index (χ1n) is 6.96. The van der Waals surface area contributed by atoms with Crippen LogP contribution in [0.4, 0.5) is 5.69 Å². The topological polar surface area (TPSA) is 24.4 Å². The number of rotatable bonds is 3. The van der Waals surface area contributed by atoms with Gasteiger partial charge < -0.3 is 5.32 Å². The van der Waals surface area contributed by atoms with Gasteiger partial charge in [0.2, 0.25) is 0 Å². The average molecular weight is 266 g/mol. The van der Waals surface area contributed by atoms with Gasteiger partial charge in [-0.2, -0.15) is 0 Å². The van der Waals surface area contributed by atoms with Crippen molar-refractivity contribution < 1.29 is 0 Å². The summed E-state index contributed by atoms with van der Waals surface area (Å²) in [5, 5.41) is 4.51. The van der Waals surface area contributed by atoms with E-state index in [0.29, 0.717) is 6.54 Å². The normalized spacial score (nSPS) is 12.2. The number of benzene rings is 1. The minimum atomic E-state index is 0.0192. The van der Waals surface area contributed by atoms with Crippen LogP contribution in [0.25, 0.3) is 0 Å². The Kier molecular flexibility index (Phi) is 4.57. The maximum absolute atomic E-state index is 4.74. The van der Waals surface area contributed by atoms with Crippen LogP contribution in [0.1, 0.15) is 26.3 Å². The third-order valence-corrected chi connectivity index (χ3v) is 2.80. The van der Waals surface area contributed by atoms with Gasteiger partial charge in [0, 0.05) is 5.54 Å². The highest BCUT2D eigenvalue weighted by atomic mass is 15.0. The van der Waals surface area contributed by atoms with E-state index < -0.39 is 0 Å². The molecule has 0 saturated heterocycles. The van der Waals surface area contributed by atoms with E-state index in [-0.39, 0.29) is 5.54 Å². The molecule has 2 aromatic rings. The molecule has 0 aliphatic rings. The van der Waals surface area contributed by atoms with Gasteiger partial charge >= 0.3 is 0 Å². The molecule has 104 valence electrons. The first-order valence-corrected chi connectivity index (χ1v) is 6.96. The zero-order valence-electron chi connectivity index (χ0n) is 12.4. The van der Waals surface area contributed by atoms with Crippen LogP contribution < -0.4 is 10.7 Å². The molecule has 20 heavy (non-hydrogen) atoms. The van der Waals surface area contributed by atoms with Crippen LogP contribution >= 0.6 is 0 Å². The lowest BCUT2D eigenvalue weighted by molar-refractivity contribution is 0.633. The second-order valence-corrected chi connectivity index (χ2v) is 5.89. The van der Waals surface area contributed by atoms with E-state index >= 15 is 0 Å². The highest BCUT2D eigenvalue weighted by molar-refractivity contribution is 5.43. The van der Waals surface area contributed by atoms with Crippen molar-refractivity contribution in [1.29, 1.82) is 0 Å². The largest absolute Gasteiger partial charge is 0.379 e. The van der Waals surface area contributed by atoms with E-state index in [9.17, 15) is 0 Å². The summed E-state index contributed by atoms with van der Waals surface area (Å²) in [5.41, 5.74) is 2.31. The summed E-state index contributed by atoms with van der Waals surface area (Å²) in [6.07, 6.45) is 0. The number of nitrogens with one attached hydrogen (secondary N) is 1. The Labute approximate surface area is 121 Å². The number of anilines is 1. The zero-order chi connectivity index (χ0) is 14.4. The van der Waals surface area contributed by atoms with Crippen molar-refractivity contribution in [2.75, 3.05) is 5.32 Å². The molecule has 0 aliphatic carbocycles. The molecule has 0 spiro atoms. The van der Waals surface area contributed by atoms with Gasteiger partial charge in [0.25, 0.3) is 0 Å². The fraction of sp³-hybridized carbons (Fsp3) is 0.278. The lowest BCUT2D eigenvalue weighted by Gasteiger charge is -2.21. The van der Waals surface area contributed by atoms with E-state index in [1.165, 1.54) is 5.56 Å². The van der Waals surface area contributed by atoms with Crippen LogP contribution in [0.5, 0.6) is 0 Å². The molecule has 2 nitrogen and oxygen atoms in total. The van der Waals surface area contributed by atoms with Gasteiger partial charge in [-0.1, -0.05) is 48.5 Å². The zero-order valence-corrected chi connectivity index (χ0v) is 12.4. The maximum Gasteiger partial charge on any atom is 0.0809 e. The molecule has 0 saturated carbocycles. The highest BCUT2D eigenvalue weighted by Gasteiger charge is 2.09. The van der Waals surface area contributed by atoms with Crippen LogP contribution in [0.2, 0.25) is 0 Å². The lowest BCUT2D eigenvalue weighted by atomic mass is 10.1. The van der Waals surface area contributed by atoms with Crippen LogP contribution in [-0.2, 0) is 6.54 Å². The van der Waals surface area contributed by atoms with Crippen molar-refractivity contribution >= 4 is 5.69 Å². The second kappa shape index (κ2) is 6.38. The number of nitrogens with zero attached hydrogens (tertiary/aromatic N) is 1. The van der Waals surface area contributed by atoms with E-state index in [1.807, 2.05) is 36.4 Å². The summed E-state index contributed by atoms with van der Waals surface area (Å²) in [5.74, 6) is 0. The molecule has 1 N–H and O–H groups in total. The molecule has 0 radical (unpaired) electrons. The smallest absolute Gasteiger partial charge is 0.0809 e. The van der Waals surface area contributed by atoms with Gasteiger partial charge in [-0.25, -0.2) is 0 Å². The van der Waals surface area contributed by atoms with Gasteiger partial charge in [0.1, 0.15) is 0 Å². The van der Waals surface area contributed by atoms with Crippen molar-refractivity contribution in [2.45, 2.75) is 32.9 Å². The minimum absolute atomic E-state index is 0.0192. The molecule has 0 aliphatic heterocycles. The maximum atomic E-state index is 4.74. The van der Waals surface area contributed by atoms with Crippen molar-refractivity contribution in [3.63, 3.8) is 0 Å². The molecule has 2 heteroatoms. The molecule has 0 fully saturated rings. The van der Waals surface area contributed by atoms with E-state index in [0.717, 1.165) is 11.0 Å². The quantitative estimate of drug-likeness (QED) is 0.892. The van der Waals surface area contributed by atoms with Crippen molar-refractivity contribution in [3.05, 3.63) is 71.6 Å². The van der Waals surface area contributed by atoms with Crippen LogP contribution in [0.15, 0.2) is 65.7 Å². The molecule has 2 rings (SSSR count). The second-order valence-electron chi connectivity index (χ2n) is 5.89. The Bertz CT molecular complexity index is 610. The summed E-state index contributed by atoms with van der Waals surface area (Å²) >= 11 is 0. The van der Waals surface area contributed by atoms with Gasteiger partial charge in [-0.15, -0.1) is 0 Å². The van der Waals surface area contributed by atoms with E-state index in [1.54, 1.807) is 0 Å². The van der Waals surface area contributed by atoms with E-state index in [2.05, 4.69) is 50.4 Å². The Morgan fingerprint density at radius 1 is 0.850 bits per heavy atom. The van der Waals surface area contributed by atoms with Crippen molar-refractivity contribution in [1.82, 2.24) is 0 Å². The summed E-state index contributed by atoms with van der Waals surface area (Å²) in [6.45, 7) is 7.16. The van der Waals surface area contributed by atoms with Gasteiger partial charge in [-0.3, -0.25) is 4.99 Å². The molecule has 0 aromatic heterocycles. The number of hydrogen-bond donors (Lipinski definition) is 1. The Morgan fingerprint density at radius 2 is 1.45 bits per heavy atom. The van der Waals surface area contributed by atoms with Crippen LogP contribution in [0.3, 0.4) is 0 Å². The summed E-state index contributed by atoms with van der Waals surface area (Å²) in [6, 6.07) is 20.5. The first-order chi connectivity index (χ1) is 9.54. The third kappa shape index (κ3) is 4.54. The van der Waals surface area contributed by atoms with E-state index in [4.69, 9.17) is 4.99 Å². The summed E-state index contributed by atoms with van der Waals surface area (Å²) in [4.78, 5) is 4.74. The molecule has 0 atom stereocenters. The first kappa shape index (κ1) is 14.3. The molecule has 0 amide bonds. The summed E-state index contributed by atoms with van der Waals surface area (Å²) < 4.78 is 0. The van der Waals surface area contributed by atoms with Gasteiger partial charge in [0.15, 0.2) is 0 Å². The predicted molar refractivity (Wildman–Crippen MR) is 85.5 cm³/mol. The van der Waals surface area contributed by atoms with Crippen molar-refractivity contribution in [3.8, 4) is 0 Å². The highest BCUT2D eigenvalue weighted by Crippen LogP contribution is 2.09. The molecule has 2 aromatic carbocycles. The van der Waals surface area contributed by atoms with Crippen LogP contribution in [0, 0.1) is 0 Å². The summed E-state index contributed by atoms with van der Waals surface area (Å²) in [7, 11) is 0. The molecule has 0 heterocycles. The lowest BCUT2D eigenvalue weighted by Crippen LogP contribution is -2.29. The monoisotopic (exact) mass is 266 g/mol. The standard InChI is InChI=1S/C18H22N2/c1-18(2,3)20-17-13-9-5-8-12-16(17)19-14-15-10-6-4-7-11-15/h4-13H,14H2,1-3H3,(H,19,20). The molecular formula is C18H22N2. The predicted octanol–water partition coefficient (Wildman–Crippen LogP) is 4.00. The molecule has 0 bridgehead atoms. The third-order valence-electron chi connectivity index (χ3n) is 2.80. The number of hydrogen-bond acceptors (Lipinski definition) is 2. The van der Waals surface area contributed by atoms with Gasteiger partial charge in [-0.05, 0) is 38.5 Å². The minimum Gasteiger partial charge on any atom is -0.379 e. The molecule has 0 unspecified atom stereocenters. The Morgan fingerprint density at radius 3 is 2.10 bits per heavy atom. The SMILES string of the molecule is CC(C)(C)Nc1cccccc1=NCc1ccccc1. The fourth-order valence-electron chi connectivity index (χ4n) is 1.95.